The van der Waals surface area contributed by atoms with E-state index >= 15 is 0 Å². The van der Waals surface area contributed by atoms with Crippen LogP contribution in [0, 0.1) is 0 Å². The van der Waals surface area contributed by atoms with Crippen LogP contribution in [0.15, 0.2) is 23.1 Å². The first-order valence-corrected chi connectivity index (χ1v) is 7.63. The zero-order chi connectivity index (χ0) is 14.9. The summed E-state index contributed by atoms with van der Waals surface area (Å²) >= 11 is 1.54. The molecule has 4 nitrogen and oxygen atoms in total. The quantitative estimate of drug-likeness (QED) is 0.928. The van der Waals surface area contributed by atoms with Crippen molar-refractivity contribution >= 4 is 29.3 Å². The molecule has 0 unspecified atom stereocenters. The number of primary amides is 1. The van der Waals surface area contributed by atoms with E-state index < -0.39 is 10.7 Å². The zero-order valence-electron chi connectivity index (χ0n) is 12.1. The summed E-state index contributed by atoms with van der Waals surface area (Å²) in [6, 6.07) is 5.33. The van der Waals surface area contributed by atoms with E-state index in [2.05, 4.69) is 6.92 Å². The van der Waals surface area contributed by atoms with Crippen LogP contribution < -0.4 is 10.6 Å². The van der Waals surface area contributed by atoms with Crippen LogP contribution in [-0.4, -0.2) is 23.1 Å². The van der Waals surface area contributed by atoms with E-state index in [0.29, 0.717) is 12.1 Å². The van der Waals surface area contributed by atoms with E-state index in [1.165, 1.54) is 11.8 Å². The maximum Gasteiger partial charge on any atom is 0.248 e. The van der Waals surface area contributed by atoms with E-state index in [-0.39, 0.29) is 5.91 Å². The number of nitrogens with two attached hydrogens (primary N) is 1. The molecule has 0 radical (unpaired) electrons. The van der Waals surface area contributed by atoms with Gasteiger partial charge in [-0.1, -0.05) is 13.3 Å². The number of amides is 2. The molecule has 108 valence electrons. The number of carbonyl (C=O) groups excluding carboxylic acids is 2. The van der Waals surface area contributed by atoms with E-state index in [4.69, 9.17) is 5.73 Å². The van der Waals surface area contributed by atoms with Gasteiger partial charge in [0, 0.05) is 17.0 Å². The highest BCUT2D eigenvalue weighted by atomic mass is 32.2. The summed E-state index contributed by atoms with van der Waals surface area (Å²) in [5.41, 5.74) is 6.58. The van der Waals surface area contributed by atoms with Crippen molar-refractivity contribution < 1.29 is 9.59 Å². The molecule has 0 aliphatic carbocycles. The number of anilines is 1. The number of rotatable bonds is 4. The molecule has 20 heavy (non-hydrogen) atoms. The first kappa shape index (κ1) is 14.9. The second kappa shape index (κ2) is 5.48. The summed E-state index contributed by atoms with van der Waals surface area (Å²) in [4.78, 5) is 26.7. The Balaban J connectivity index is 2.47. The smallest absolute Gasteiger partial charge is 0.248 e. The third-order valence-electron chi connectivity index (χ3n) is 3.39. The largest absolute Gasteiger partial charge is 0.366 e. The van der Waals surface area contributed by atoms with Gasteiger partial charge in [0.1, 0.15) is 0 Å². The summed E-state index contributed by atoms with van der Waals surface area (Å²) in [5, 5.41) is 0. The topological polar surface area (TPSA) is 63.4 Å². The molecule has 0 saturated carbocycles. The van der Waals surface area contributed by atoms with Crippen molar-refractivity contribution in [3.8, 4) is 0 Å². The monoisotopic (exact) mass is 292 g/mol. The lowest BCUT2D eigenvalue weighted by Gasteiger charge is -2.38. The van der Waals surface area contributed by atoms with Gasteiger partial charge in [-0.3, -0.25) is 9.59 Å². The summed E-state index contributed by atoms with van der Waals surface area (Å²) in [6.45, 7) is 6.64. The first-order chi connectivity index (χ1) is 9.36. The molecule has 1 aliphatic heterocycles. The molecule has 0 fully saturated rings. The average Bonchev–Trinajstić information content (AvgIpc) is 2.38. The van der Waals surface area contributed by atoms with Crippen LogP contribution in [0.4, 0.5) is 5.69 Å². The van der Waals surface area contributed by atoms with Gasteiger partial charge < -0.3 is 10.6 Å². The summed E-state index contributed by atoms with van der Waals surface area (Å²) in [7, 11) is 0. The average molecular weight is 292 g/mol. The molecular formula is C15H20N2O2S. The molecule has 1 aromatic carbocycles. The molecule has 0 aromatic heterocycles. The first-order valence-electron chi connectivity index (χ1n) is 6.81. The van der Waals surface area contributed by atoms with E-state index in [9.17, 15) is 9.59 Å². The Morgan fingerprint density at radius 2 is 2.10 bits per heavy atom. The molecular weight excluding hydrogens is 272 g/mol. The Morgan fingerprint density at radius 3 is 2.70 bits per heavy atom. The number of hydrogen-bond acceptors (Lipinski definition) is 3. The maximum absolute atomic E-state index is 12.6. The van der Waals surface area contributed by atoms with Crippen molar-refractivity contribution in [2.75, 3.05) is 11.4 Å². The van der Waals surface area contributed by atoms with E-state index in [1.54, 1.807) is 17.0 Å². The summed E-state index contributed by atoms with van der Waals surface area (Å²) in [6.07, 6.45) is 1.95. The van der Waals surface area contributed by atoms with E-state index in [0.717, 1.165) is 23.4 Å². The molecule has 5 heteroatoms. The van der Waals surface area contributed by atoms with Crippen molar-refractivity contribution in [3.05, 3.63) is 23.8 Å². The minimum Gasteiger partial charge on any atom is -0.366 e. The van der Waals surface area contributed by atoms with Crippen LogP contribution in [-0.2, 0) is 4.79 Å². The highest BCUT2D eigenvalue weighted by Crippen LogP contribution is 2.45. The summed E-state index contributed by atoms with van der Waals surface area (Å²) < 4.78 is -0.477. The Bertz CT molecular complexity index is 555. The third-order valence-corrected chi connectivity index (χ3v) is 4.64. The van der Waals surface area contributed by atoms with Gasteiger partial charge in [-0.15, -0.1) is 11.8 Å². The van der Waals surface area contributed by atoms with Gasteiger partial charge in [0.25, 0.3) is 0 Å². The number of nitrogens with zero attached hydrogens (tertiary/aromatic N) is 1. The molecule has 0 spiro atoms. The van der Waals surface area contributed by atoms with Gasteiger partial charge in [-0.05, 0) is 38.5 Å². The van der Waals surface area contributed by atoms with Crippen molar-refractivity contribution in [2.45, 2.75) is 43.3 Å². The number of fused-ring (bicyclic) bond motifs is 1. The number of carbonyl (C=O) groups is 2. The number of unbranched alkanes of at least 4 members (excludes halogenated alkanes) is 1. The van der Waals surface area contributed by atoms with E-state index in [1.807, 2.05) is 19.9 Å². The number of benzene rings is 1. The van der Waals surface area contributed by atoms with Crippen LogP contribution in [0.2, 0.25) is 0 Å². The normalized spacial score (nSPS) is 16.9. The van der Waals surface area contributed by atoms with Crippen LogP contribution in [0.25, 0.3) is 0 Å². The van der Waals surface area contributed by atoms with Crippen LogP contribution in [0.5, 0.6) is 0 Å². The van der Waals surface area contributed by atoms with Crippen LogP contribution in [0.3, 0.4) is 0 Å². The van der Waals surface area contributed by atoms with Crippen LogP contribution >= 0.6 is 11.8 Å². The molecule has 1 aromatic rings. The van der Waals surface area contributed by atoms with Gasteiger partial charge in [-0.2, -0.15) is 0 Å². The fourth-order valence-electron chi connectivity index (χ4n) is 2.26. The van der Waals surface area contributed by atoms with Crippen molar-refractivity contribution in [3.63, 3.8) is 0 Å². The molecule has 1 heterocycles. The van der Waals surface area contributed by atoms with Gasteiger partial charge in [0.15, 0.2) is 0 Å². The predicted molar refractivity (Wildman–Crippen MR) is 82.2 cm³/mol. The molecule has 1 aliphatic rings. The Kier molecular flexibility index (Phi) is 4.09. The fourth-order valence-corrected chi connectivity index (χ4v) is 3.42. The van der Waals surface area contributed by atoms with Gasteiger partial charge in [0.05, 0.1) is 10.4 Å². The Hall–Kier alpha value is -1.49. The molecule has 0 bridgehead atoms. The predicted octanol–water partition coefficient (Wildman–Crippen LogP) is 2.80. The maximum atomic E-state index is 12.6. The molecule has 2 amide bonds. The SMILES string of the molecule is CCCCN1C(=O)C(C)(C)Sc2ccc(C(N)=O)cc21. The number of thioether (sulfide) groups is 1. The van der Waals surface area contributed by atoms with Crippen molar-refractivity contribution in [1.29, 1.82) is 0 Å². The summed E-state index contributed by atoms with van der Waals surface area (Å²) in [5.74, 6) is -0.379. The lowest BCUT2D eigenvalue weighted by atomic mass is 10.1. The number of hydrogen-bond donors (Lipinski definition) is 1. The third kappa shape index (κ3) is 2.68. The Morgan fingerprint density at radius 1 is 1.40 bits per heavy atom. The van der Waals surface area contributed by atoms with Crippen LogP contribution in [0.1, 0.15) is 44.0 Å². The zero-order valence-corrected chi connectivity index (χ0v) is 12.9. The standard InChI is InChI=1S/C15H20N2O2S/c1-4-5-8-17-11-9-10(13(16)18)6-7-12(11)20-15(2,3)14(17)19/h6-7,9H,4-5,8H2,1-3H3,(H2,16,18). The minimum absolute atomic E-state index is 0.0880. The molecule has 0 saturated heterocycles. The Labute approximate surface area is 123 Å². The highest BCUT2D eigenvalue weighted by molar-refractivity contribution is 8.01. The second-order valence-electron chi connectivity index (χ2n) is 5.47. The minimum atomic E-state index is -0.477. The highest BCUT2D eigenvalue weighted by Gasteiger charge is 2.39. The van der Waals surface area contributed by atoms with Gasteiger partial charge >= 0.3 is 0 Å². The van der Waals surface area contributed by atoms with Crippen molar-refractivity contribution in [1.82, 2.24) is 0 Å². The lowest BCUT2D eigenvalue weighted by Crippen LogP contribution is -2.47. The molecule has 2 rings (SSSR count). The fraction of sp³-hybridized carbons (Fsp3) is 0.467. The van der Waals surface area contributed by atoms with Gasteiger partial charge in [-0.25, -0.2) is 0 Å². The van der Waals surface area contributed by atoms with Crippen molar-refractivity contribution in [2.24, 2.45) is 5.73 Å². The van der Waals surface area contributed by atoms with Gasteiger partial charge in [0.2, 0.25) is 11.8 Å². The lowest BCUT2D eigenvalue weighted by molar-refractivity contribution is -0.120. The molecule has 2 N–H and O–H groups in total. The second-order valence-corrected chi connectivity index (χ2v) is 7.13. The molecule has 0 atom stereocenters.